The second kappa shape index (κ2) is 6.93. The van der Waals surface area contributed by atoms with Crippen LogP contribution >= 0.6 is 0 Å². The van der Waals surface area contributed by atoms with Crippen molar-refractivity contribution in [3.63, 3.8) is 0 Å². The van der Waals surface area contributed by atoms with Crippen LogP contribution in [0.15, 0.2) is 5.16 Å². The van der Waals surface area contributed by atoms with Gasteiger partial charge in [-0.3, -0.25) is 9.48 Å². The number of nitrogens with two attached hydrogens (primary N) is 1. The van der Waals surface area contributed by atoms with Crippen molar-refractivity contribution in [1.29, 1.82) is 0 Å². The molecule has 0 aliphatic heterocycles. The van der Waals surface area contributed by atoms with Crippen LogP contribution in [-0.4, -0.2) is 26.7 Å². The number of hydrogen-bond acceptors (Lipinski definition) is 4. The van der Waals surface area contributed by atoms with Crippen LogP contribution in [-0.2, 0) is 18.4 Å². The third-order valence-corrected chi connectivity index (χ3v) is 3.46. The number of aromatic nitrogens is 2. The summed E-state index contributed by atoms with van der Waals surface area (Å²) in [4.78, 5) is 12.1. The fraction of sp³-hybridized carbons (Fsp3) is 0.615. The first-order valence-corrected chi connectivity index (χ1v) is 6.66. The molecule has 1 rings (SSSR count). The van der Waals surface area contributed by atoms with Gasteiger partial charge in [0.15, 0.2) is 5.84 Å². The zero-order valence-electron chi connectivity index (χ0n) is 12.5. The molecule has 1 aromatic rings. The Bertz CT molecular complexity index is 507. The summed E-state index contributed by atoms with van der Waals surface area (Å²) in [6.07, 6.45) is 1.33. The third-order valence-electron chi connectivity index (χ3n) is 3.46. The second-order valence-electron chi connectivity index (χ2n) is 4.86. The van der Waals surface area contributed by atoms with Gasteiger partial charge in [-0.2, -0.15) is 5.10 Å². The number of rotatable bonds is 6. The molecule has 20 heavy (non-hydrogen) atoms. The number of nitrogens with one attached hydrogen (secondary N) is 1. The zero-order chi connectivity index (χ0) is 15.3. The topological polar surface area (TPSA) is 106 Å². The third kappa shape index (κ3) is 3.49. The number of hydrogen-bond donors (Lipinski definition) is 3. The number of carbonyl (C=O) groups excluding carboxylic acids is 1. The van der Waals surface area contributed by atoms with Crippen molar-refractivity contribution in [3.8, 4) is 0 Å². The highest BCUT2D eigenvalue weighted by Crippen LogP contribution is 2.12. The molecule has 1 heterocycles. The molecule has 4 N–H and O–H groups in total. The van der Waals surface area contributed by atoms with Crippen molar-refractivity contribution in [2.24, 2.45) is 23.9 Å². The number of oxime groups is 1. The van der Waals surface area contributed by atoms with Crippen LogP contribution in [0.5, 0.6) is 0 Å². The maximum atomic E-state index is 12.1. The van der Waals surface area contributed by atoms with Gasteiger partial charge < -0.3 is 16.3 Å². The van der Waals surface area contributed by atoms with E-state index in [1.54, 1.807) is 4.68 Å². The number of carbonyl (C=O) groups is 1. The van der Waals surface area contributed by atoms with Crippen LogP contribution in [0.2, 0.25) is 0 Å². The van der Waals surface area contributed by atoms with Gasteiger partial charge in [-0.25, -0.2) is 0 Å². The van der Waals surface area contributed by atoms with Crippen LogP contribution in [0.25, 0.3) is 0 Å². The number of amidine groups is 1. The minimum atomic E-state index is -0.595. The summed E-state index contributed by atoms with van der Waals surface area (Å²) in [7, 11) is 1.87. The summed E-state index contributed by atoms with van der Waals surface area (Å²) in [5, 5.41) is 18.8. The highest BCUT2D eigenvalue weighted by atomic mass is 16.4. The van der Waals surface area contributed by atoms with Crippen molar-refractivity contribution in [2.45, 2.75) is 40.2 Å². The van der Waals surface area contributed by atoms with Crippen molar-refractivity contribution >= 4 is 11.7 Å². The Morgan fingerprint density at radius 3 is 2.65 bits per heavy atom. The SMILES string of the molecule is CCCC(C(=O)NCc1c(C)nn(C)c1C)C(N)=NO. The summed E-state index contributed by atoms with van der Waals surface area (Å²) in [5.41, 5.74) is 8.46. The molecule has 0 fully saturated rings. The highest BCUT2D eigenvalue weighted by Gasteiger charge is 2.22. The fourth-order valence-electron chi connectivity index (χ4n) is 2.14. The Labute approximate surface area is 118 Å². The highest BCUT2D eigenvalue weighted by molar-refractivity contribution is 6.02. The molecule has 1 amide bonds. The summed E-state index contributed by atoms with van der Waals surface area (Å²) in [6.45, 7) is 6.19. The van der Waals surface area contributed by atoms with E-state index in [9.17, 15) is 4.79 Å². The molecule has 0 saturated heterocycles. The van der Waals surface area contributed by atoms with E-state index in [2.05, 4.69) is 15.6 Å². The van der Waals surface area contributed by atoms with Gasteiger partial charge in [0, 0.05) is 24.8 Å². The second-order valence-corrected chi connectivity index (χ2v) is 4.86. The molecule has 112 valence electrons. The molecular weight excluding hydrogens is 258 g/mol. The van der Waals surface area contributed by atoms with E-state index in [0.717, 1.165) is 23.4 Å². The standard InChI is InChI=1S/C13H23N5O2/c1-5-6-10(12(14)17-20)13(19)15-7-11-8(2)16-18(4)9(11)3/h10,20H,5-7H2,1-4H3,(H2,14,17)(H,15,19). The number of aryl methyl sites for hydroxylation is 2. The first-order valence-electron chi connectivity index (χ1n) is 6.66. The van der Waals surface area contributed by atoms with Crippen LogP contribution in [0, 0.1) is 19.8 Å². The van der Waals surface area contributed by atoms with E-state index < -0.39 is 5.92 Å². The summed E-state index contributed by atoms with van der Waals surface area (Å²) < 4.78 is 1.78. The minimum absolute atomic E-state index is 0.0519. The molecule has 0 spiro atoms. The van der Waals surface area contributed by atoms with Gasteiger partial charge in [-0.15, -0.1) is 0 Å². The molecule has 1 aromatic heterocycles. The first-order chi connectivity index (χ1) is 9.42. The van der Waals surface area contributed by atoms with E-state index in [1.807, 2.05) is 27.8 Å². The van der Waals surface area contributed by atoms with Crippen molar-refractivity contribution in [2.75, 3.05) is 0 Å². The Kier molecular flexibility index (Phi) is 5.54. The summed E-state index contributed by atoms with van der Waals surface area (Å²) in [6, 6.07) is 0. The van der Waals surface area contributed by atoms with Gasteiger partial charge in [0.05, 0.1) is 11.6 Å². The molecular formula is C13H23N5O2. The Morgan fingerprint density at radius 2 is 2.20 bits per heavy atom. The zero-order valence-corrected chi connectivity index (χ0v) is 12.5. The molecule has 0 bridgehead atoms. The summed E-state index contributed by atoms with van der Waals surface area (Å²) >= 11 is 0. The van der Waals surface area contributed by atoms with Crippen LogP contribution in [0.4, 0.5) is 0 Å². The monoisotopic (exact) mass is 281 g/mol. The normalized spacial score (nSPS) is 13.3. The lowest BCUT2D eigenvalue weighted by Gasteiger charge is -2.14. The molecule has 7 heteroatoms. The average Bonchev–Trinajstić information content (AvgIpc) is 2.66. The molecule has 0 aromatic carbocycles. The molecule has 0 saturated carbocycles. The largest absolute Gasteiger partial charge is 0.409 e. The maximum Gasteiger partial charge on any atom is 0.231 e. The Balaban J connectivity index is 2.75. The van der Waals surface area contributed by atoms with Crippen molar-refractivity contribution in [1.82, 2.24) is 15.1 Å². The van der Waals surface area contributed by atoms with E-state index in [4.69, 9.17) is 10.9 Å². The lowest BCUT2D eigenvalue weighted by molar-refractivity contribution is -0.123. The van der Waals surface area contributed by atoms with Gasteiger partial charge in [0.1, 0.15) is 0 Å². The lowest BCUT2D eigenvalue weighted by atomic mass is 10.0. The Hall–Kier alpha value is -2.05. The average molecular weight is 281 g/mol. The first kappa shape index (κ1) is 16.0. The molecule has 1 atom stereocenters. The van der Waals surface area contributed by atoms with Gasteiger partial charge in [-0.1, -0.05) is 18.5 Å². The van der Waals surface area contributed by atoms with Crippen LogP contribution in [0.1, 0.15) is 36.7 Å². The van der Waals surface area contributed by atoms with Crippen molar-refractivity contribution < 1.29 is 10.0 Å². The van der Waals surface area contributed by atoms with Gasteiger partial charge >= 0.3 is 0 Å². The molecule has 1 unspecified atom stereocenters. The summed E-state index contributed by atoms with van der Waals surface area (Å²) in [5.74, 6) is -0.879. The number of amides is 1. The van der Waals surface area contributed by atoms with E-state index in [-0.39, 0.29) is 11.7 Å². The molecule has 0 aliphatic rings. The van der Waals surface area contributed by atoms with Gasteiger partial charge in [-0.05, 0) is 20.3 Å². The lowest BCUT2D eigenvalue weighted by Crippen LogP contribution is -2.38. The van der Waals surface area contributed by atoms with Crippen LogP contribution < -0.4 is 11.1 Å². The van der Waals surface area contributed by atoms with Gasteiger partial charge in [0.25, 0.3) is 0 Å². The van der Waals surface area contributed by atoms with Gasteiger partial charge in [0.2, 0.25) is 5.91 Å². The minimum Gasteiger partial charge on any atom is -0.409 e. The van der Waals surface area contributed by atoms with E-state index >= 15 is 0 Å². The molecule has 0 radical (unpaired) electrons. The van der Waals surface area contributed by atoms with E-state index in [1.165, 1.54) is 0 Å². The smallest absolute Gasteiger partial charge is 0.231 e. The predicted octanol–water partition coefficient (Wildman–Crippen LogP) is 0.816. The quantitative estimate of drug-likeness (QED) is 0.310. The molecule has 7 nitrogen and oxygen atoms in total. The predicted molar refractivity (Wildman–Crippen MR) is 76.3 cm³/mol. The van der Waals surface area contributed by atoms with Crippen LogP contribution in [0.3, 0.4) is 0 Å². The fourth-order valence-corrected chi connectivity index (χ4v) is 2.14. The molecule has 0 aliphatic carbocycles. The van der Waals surface area contributed by atoms with Crippen molar-refractivity contribution in [3.05, 3.63) is 17.0 Å². The van der Waals surface area contributed by atoms with E-state index in [0.29, 0.717) is 13.0 Å². The number of nitrogens with zero attached hydrogens (tertiary/aromatic N) is 3. The Morgan fingerprint density at radius 1 is 1.55 bits per heavy atom. The maximum absolute atomic E-state index is 12.1.